The van der Waals surface area contributed by atoms with Crippen molar-refractivity contribution in [2.45, 2.75) is 189 Å². The molecule has 0 unspecified atom stereocenters. The Morgan fingerprint density at radius 3 is 1.30 bits per heavy atom. The predicted molar refractivity (Wildman–Crippen MR) is 279 cm³/mol. The second kappa shape index (κ2) is 32.9. The smallest absolute Gasteiger partial charge is 0.326 e. The van der Waals surface area contributed by atoms with E-state index in [0.29, 0.717) is 31.2 Å². The number of hydrogen-bond donors (Lipinski definition) is 12. The second-order valence-corrected chi connectivity index (χ2v) is 20.3. The van der Waals surface area contributed by atoms with E-state index in [4.69, 9.17) is 11.5 Å². The molecule has 0 spiro atoms. The van der Waals surface area contributed by atoms with Gasteiger partial charge in [0.25, 0.3) is 0 Å². The normalized spacial score (nSPS) is 16.6. The van der Waals surface area contributed by atoms with E-state index in [1.165, 1.54) is 0 Å². The summed E-state index contributed by atoms with van der Waals surface area (Å²) in [5.41, 5.74) is 12.1. The van der Waals surface area contributed by atoms with Gasteiger partial charge in [-0.1, -0.05) is 139 Å². The fourth-order valence-electron chi connectivity index (χ4n) is 7.71. The zero-order valence-electron chi connectivity index (χ0n) is 45.5. The van der Waals surface area contributed by atoms with Crippen LogP contribution in [-0.2, 0) is 54.4 Å². The van der Waals surface area contributed by atoms with E-state index in [1.807, 2.05) is 20.8 Å². The quantitative estimate of drug-likeness (QED) is 0.0452. The lowest BCUT2D eigenvalue weighted by Gasteiger charge is -2.31. The standard InChI is InChI=1S/C52H88N10O12/c1-13-29(9)39(54)48(69)61-43(32(12)16-4)51(72)62-42(31(11)15-3)50(71)58-37(26-63)47(68)60-41(30(10)14-2)49(70)57-36(25-33-20-18-17-19-21-33)46(67)56-35(24-27(5)6)45(66)55-34(22-23-38(53)64)44(65)59-40(28(7)8)52(73)74/h17-21,27-32,34-37,39-43,63H,13-16,22-26,54H2,1-12H3,(H2,53,64)(H,55,66)(H,56,67)(H,57,70)(H,58,71)(H,59,65)(H,60,68)(H,61,69)(H,62,72)(H,73,74)/t29-,30-,31-,32-,34-,35-,36-,37-,39-,40-,41-,42-,43-/m0/s1. The topological polar surface area (TPSA) is 359 Å². The molecule has 0 aliphatic heterocycles. The maximum absolute atomic E-state index is 14.4. The third kappa shape index (κ3) is 21.7. The van der Waals surface area contributed by atoms with Crippen molar-refractivity contribution in [3.8, 4) is 0 Å². The molecule has 0 heterocycles. The number of aliphatic hydroxyl groups excluding tert-OH is 1. The van der Waals surface area contributed by atoms with Crippen molar-refractivity contribution in [3.63, 3.8) is 0 Å². The highest BCUT2D eigenvalue weighted by molar-refractivity contribution is 5.98. The number of hydrogen-bond acceptors (Lipinski definition) is 12. The molecule has 1 rings (SSSR count). The van der Waals surface area contributed by atoms with E-state index in [2.05, 4.69) is 42.5 Å². The van der Waals surface area contributed by atoms with Crippen LogP contribution in [0.25, 0.3) is 0 Å². The van der Waals surface area contributed by atoms with E-state index in [0.717, 1.165) is 0 Å². The first kappa shape index (κ1) is 65.9. The predicted octanol–water partition coefficient (Wildman–Crippen LogP) is 0.664. The molecule has 1 aromatic rings. The minimum atomic E-state index is -1.61. The molecular weight excluding hydrogens is 957 g/mol. The van der Waals surface area contributed by atoms with Gasteiger partial charge in [-0.3, -0.25) is 43.2 Å². The van der Waals surface area contributed by atoms with Crippen LogP contribution in [0.4, 0.5) is 0 Å². The van der Waals surface area contributed by atoms with Crippen LogP contribution in [0.5, 0.6) is 0 Å². The Bertz CT molecular complexity index is 2020. The van der Waals surface area contributed by atoms with Crippen LogP contribution in [0.3, 0.4) is 0 Å². The largest absolute Gasteiger partial charge is 0.480 e. The number of amides is 9. The molecule has 9 amide bonds. The first-order chi connectivity index (χ1) is 34.7. The molecule has 0 bridgehead atoms. The van der Waals surface area contributed by atoms with Gasteiger partial charge in [-0.05, 0) is 53.9 Å². The van der Waals surface area contributed by atoms with Crippen molar-refractivity contribution in [1.82, 2.24) is 42.5 Å². The summed E-state index contributed by atoms with van der Waals surface area (Å²) in [4.78, 5) is 135. The SMILES string of the molecule is CC[C@H](C)[C@H](N)C(=O)N[C@H](C(=O)N[C@H](C(=O)N[C@@H](CO)C(=O)N[C@H](C(=O)N[C@@H](Cc1ccccc1)C(=O)N[C@@H](CC(C)C)C(=O)N[C@@H](CCC(N)=O)C(=O)N[C@H](C(=O)O)C(C)C)[C@@H](C)CC)[C@@H](C)CC)[C@@H](C)CC. The average Bonchev–Trinajstić information content (AvgIpc) is 3.35. The summed E-state index contributed by atoms with van der Waals surface area (Å²) in [7, 11) is 0. The highest BCUT2D eigenvalue weighted by atomic mass is 16.4. The van der Waals surface area contributed by atoms with Gasteiger partial charge in [0.15, 0.2) is 0 Å². The Kier molecular flexibility index (Phi) is 29.3. The maximum atomic E-state index is 14.4. The van der Waals surface area contributed by atoms with Crippen molar-refractivity contribution in [2.75, 3.05) is 6.61 Å². The van der Waals surface area contributed by atoms with Crippen LogP contribution < -0.4 is 54.0 Å². The van der Waals surface area contributed by atoms with Gasteiger partial charge in [0.2, 0.25) is 53.2 Å². The van der Waals surface area contributed by atoms with E-state index in [-0.39, 0.29) is 43.4 Å². The van der Waals surface area contributed by atoms with E-state index < -0.39 is 138 Å². The third-order valence-electron chi connectivity index (χ3n) is 13.6. The molecule has 418 valence electrons. The third-order valence-corrected chi connectivity index (χ3v) is 13.6. The van der Waals surface area contributed by atoms with E-state index in [1.54, 1.807) is 92.6 Å². The number of carboxylic acids is 1. The number of carboxylic acid groups (broad SMARTS) is 1. The molecule has 13 atom stereocenters. The molecular formula is C52H88N10O12. The minimum Gasteiger partial charge on any atom is -0.480 e. The Morgan fingerprint density at radius 1 is 0.486 bits per heavy atom. The number of nitrogens with two attached hydrogens (primary N) is 2. The van der Waals surface area contributed by atoms with Gasteiger partial charge in [0.1, 0.15) is 48.3 Å². The van der Waals surface area contributed by atoms with Crippen LogP contribution in [0.15, 0.2) is 30.3 Å². The summed E-state index contributed by atoms with van der Waals surface area (Å²) in [6.45, 7) is 20.1. The lowest BCUT2D eigenvalue weighted by molar-refractivity contribution is -0.143. The number of carbonyl (C=O) groups excluding carboxylic acids is 9. The molecule has 0 aromatic heterocycles. The fraction of sp³-hybridized carbons (Fsp3) is 0.692. The molecule has 1 aromatic carbocycles. The molecule has 0 saturated heterocycles. The van der Waals surface area contributed by atoms with Crippen LogP contribution >= 0.6 is 0 Å². The first-order valence-corrected chi connectivity index (χ1v) is 26.0. The van der Waals surface area contributed by atoms with Gasteiger partial charge in [0, 0.05) is 12.8 Å². The summed E-state index contributed by atoms with van der Waals surface area (Å²) in [6.07, 6.45) is 1.23. The summed E-state index contributed by atoms with van der Waals surface area (Å²) in [5, 5.41) is 41.2. The van der Waals surface area contributed by atoms with Crippen molar-refractivity contribution < 1.29 is 58.2 Å². The van der Waals surface area contributed by atoms with E-state index in [9.17, 15) is 58.2 Å². The highest BCUT2D eigenvalue weighted by Gasteiger charge is 2.38. The maximum Gasteiger partial charge on any atom is 0.326 e. The van der Waals surface area contributed by atoms with Gasteiger partial charge in [0.05, 0.1) is 12.6 Å². The van der Waals surface area contributed by atoms with Crippen LogP contribution in [0, 0.1) is 35.5 Å². The molecule has 0 saturated carbocycles. The highest BCUT2D eigenvalue weighted by Crippen LogP contribution is 2.16. The summed E-state index contributed by atoms with van der Waals surface area (Å²) in [5.74, 6) is -10.7. The molecule has 0 aliphatic rings. The Morgan fingerprint density at radius 2 is 0.865 bits per heavy atom. The van der Waals surface area contributed by atoms with Gasteiger partial charge in [-0.15, -0.1) is 0 Å². The number of aliphatic carboxylic acids is 1. The number of rotatable bonds is 34. The summed E-state index contributed by atoms with van der Waals surface area (Å²) in [6, 6.07) is -2.87. The van der Waals surface area contributed by atoms with Crippen molar-refractivity contribution in [3.05, 3.63) is 35.9 Å². The summed E-state index contributed by atoms with van der Waals surface area (Å²) < 4.78 is 0. The zero-order chi connectivity index (χ0) is 56.6. The second-order valence-electron chi connectivity index (χ2n) is 20.3. The molecule has 0 fully saturated rings. The fourth-order valence-corrected chi connectivity index (χ4v) is 7.71. The van der Waals surface area contributed by atoms with Gasteiger partial charge >= 0.3 is 5.97 Å². The van der Waals surface area contributed by atoms with Crippen molar-refractivity contribution >= 4 is 59.1 Å². The van der Waals surface area contributed by atoms with Crippen molar-refractivity contribution in [1.29, 1.82) is 0 Å². The Balaban J connectivity index is 3.53. The molecule has 74 heavy (non-hydrogen) atoms. The number of primary amides is 1. The molecule has 22 heteroatoms. The minimum absolute atomic E-state index is 0.0426. The lowest BCUT2D eigenvalue weighted by atomic mass is 9.93. The lowest BCUT2D eigenvalue weighted by Crippen LogP contribution is -2.63. The summed E-state index contributed by atoms with van der Waals surface area (Å²) >= 11 is 0. The van der Waals surface area contributed by atoms with Crippen LogP contribution in [0.1, 0.15) is 134 Å². The van der Waals surface area contributed by atoms with Gasteiger partial charge < -0.3 is 64.2 Å². The monoisotopic (exact) mass is 1040 g/mol. The molecule has 14 N–H and O–H groups in total. The number of aliphatic hydroxyl groups is 1. The number of nitrogens with one attached hydrogen (secondary N) is 8. The number of benzene rings is 1. The zero-order valence-corrected chi connectivity index (χ0v) is 45.5. The van der Waals surface area contributed by atoms with E-state index >= 15 is 0 Å². The van der Waals surface area contributed by atoms with Gasteiger partial charge in [-0.2, -0.15) is 0 Å². The molecule has 0 aliphatic carbocycles. The number of carbonyl (C=O) groups is 10. The molecule has 0 radical (unpaired) electrons. The average molecular weight is 1050 g/mol. The Hall–Kier alpha value is -6.16. The van der Waals surface area contributed by atoms with Crippen molar-refractivity contribution in [2.24, 2.45) is 47.0 Å². The van der Waals surface area contributed by atoms with Crippen LogP contribution in [-0.4, -0.2) is 130 Å². The molecule has 22 nitrogen and oxygen atoms in total. The van der Waals surface area contributed by atoms with Crippen LogP contribution in [0.2, 0.25) is 0 Å². The van der Waals surface area contributed by atoms with Gasteiger partial charge in [-0.25, -0.2) is 4.79 Å². The first-order valence-electron chi connectivity index (χ1n) is 26.0. The Labute approximate surface area is 437 Å².